The van der Waals surface area contributed by atoms with E-state index in [4.69, 9.17) is 4.74 Å². The summed E-state index contributed by atoms with van der Waals surface area (Å²) in [6.45, 7) is 4.99. The van der Waals surface area contributed by atoms with Crippen LogP contribution in [-0.2, 0) is 4.74 Å². The summed E-state index contributed by atoms with van der Waals surface area (Å²) in [5, 5.41) is 12.9. The number of hydrogen-bond acceptors (Lipinski definition) is 4. The summed E-state index contributed by atoms with van der Waals surface area (Å²) in [6.07, 6.45) is 0. The third-order valence-corrected chi connectivity index (χ3v) is 3.42. The number of β-amino-alcohol motifs (C(OH)–C–C–N with tert-alkyl or cyclic N) is 1. The molecule has 1 aliphatic heterocycles. The monoisotopic (exact) mass is 296 g/mol. The van der Waals surface area contributed by atoms with Crippen LogP contribution in [0.2, 0.25) is 0 Å². The van der Waals surface area contributed by atoms with Crippen LogP contribution in [0.4, 0.5) is 4.39 Å². The minimum Gasteiger partial charge on any atom is -0.387 e. The SMILES string of the molecule is CC(O)(CNC(=O)c1ccccc1F)CN1CCOCC1. The van der Waals surface area contributed by atoms with Crippen molar-refractivity contribution in [1.82, 2.24) is 10.2 Å². The molecule has 21 heavy (non-hydrogen) atoms. The summed E-state index contributed by atoms with van der Waals surface area (Å²) >= 11 is 0. The number of halogens is 1. The number of benzene rings is 1. The Morgan fingerprint density at radius 2 is 2.10 bits per heavy atom. The quantitative estimate of drug-likeness (QED) is 0.837. The van der Waals surface area contributed by atoms with Crippen LogP contribution >= 0.6 is 0 Å². The molecule has 0 saturated carbocycles. The maximum atomic E-state index is 13.5. The van der Waals surface area contributed by atoms with Gasteiger partial charge >= 0.3 is 0 Å². The van der Waals surface area contributed by atoms with Crippen molar-refractivity contribution in [2.75, 3.05) is 39.4 Å². The molecule has 0 aromatic heterocycles. The lowest BCUT2D eigenvalue weighted by molar-refractivity contribution is -0.0213. The van der Waals surface area contributed by atoms with Crippen LogP contribution in [0.25, 0.3) is 0 Å². The van der Waals surface area contributed by atoms with Gasteiger partial charge < -0.3 is 15.2 Å². The summed E-state index contributed by atoms with van der Waals surface area (Å²) in [5.74, 6) is -1.09. The van der Waals surface area contributed by atoms with Crippen LogP contribution in [-0.4, -0.2) is 60.9 Å². The second-order valence-electron chi connectivity index (χ2n) is 5.55. The summed E-state index contributed by atoms with van der Waals surface area (Å²) in [5.41, 5.74) is -1.09. The molecule has 1 aliphatic rings. The zero-order valence-electron chi connectivity index (χ0n) is 12.1. The fraction of sp³-hybridized carbons (Fsp3) is 0.533. The van der Waals surface area contributed by atoms with Crippen LogP contribution < -0.4 is 5.32 Å². The maximum absolute atomic E-state index is 13.5. The van der Waals surface area contributed by atoms with Crippen molar-refractivity contribution >= 4 is 5.91 Å². The van der Waals surface area contributed by atoms with Crippen LogP contribution in [0, 0.1) is 5.82 Å². The van der Waals surface area contributed by atoms with Crippen LogP contribution in [0.3, 0.4) is 0 Å². The Morgan fingerprint density at radius 3 is 2.76 bits per heavy atom. The zero-order chi connectivity index (χ0) is 15.3. The predicted octanol–water partition coefficient (Wildman–Crippen LogP) is 0.639. The number of morpholine rings is 1. The molecule has 0 spiro atoms. The topological polar surface area (TPSA) is 61.8 Å². The average Bonchev–Trinajstić information content (AvgIpc) is 2.46. The largest absolute Gasteiger partial charge is 0.387 e. The summed E-state index contributed by atoms with van der Waals surface area (Å²) in [6, 6.07) is 5.78. The van der Waals surface area contributed by atoms with E-state index in [1.165, 1.54) is 18.2 Å². The average molecular weight is 296 g/mol. The Kier molecular flexibility index (Phi) is 5.27. The van der Waals surface area contributed by atoms with E-state index in [1.807, 2.05) is 0 Å². The van der Waals surface area contributed by atoms with E-state index in [0.29, 0.717) is 19.8 Å². The first-order valence-corrected chi connectivity index (χ1v) is 7.03. The Labute approximate surface area is 123 Å². The fourth-order valence-corrected chi connectivity index (χ4v) is 2.31. The summed E-state index contributed by atoms with van der Waals surface area (Å²) in [7, 11) is 0. The first-order chi connectivity index (χ1) is 9.98. The van der Waals surface area contributed by atoms with Gasteiger partial charge in [0.15, 0.2) is 0 Å². The van der Waals surface area contributed by atoms with Gasteiger partial charge in [-0.3, -0.25) is 9.69 Å². The highest BCUT2D eigenvalue weighted by Gasteiger charge is 2.26. The van der Waals surface area contributed by atoms with E-state index in [0.717, 1.165) is 13.1 Å². The molecule has 1 atom stereocenters. The molecule has 1 unspecified atom stereocenters. The number of carbonyl (C=O) groups excluding carboxylic acids is 1. The van der Waals surface area contributed by atoms with Crippen molar-refractivity contribution in [3.8, 4) is 0 Å². The van der Waals surface area contributed by atoms with Crippen molar-refractivity contribution in [3.05, 3.63) is 35.6 Å². The summed E-state index contributed by atoms with van der Waals surface area (Å²) in [4.78, 5) is 14.0. The van der Waals surface area contributed by atoms with Crippen molar-refractivity contribution < 1.29 is 19.0 Å². The molecule has 1 amide bonds. The van der Waals surface area contributed by atoms with Crippen molar-refractivity contribution in [2.45, 2.75) is 12.5 Å². The van der Waals surface area contributed by atoms with Gasteiger partial charge in [-0.15, -0.1) is 0 Å². The maximum Gasteiger partial charge on any atom is 0.254 e. The Morgan fingerprint density at radius 1 is 1.43 bits per heavy atom. The lowest BCUT2D eigenvalue weighted by atomic mass is 10.1. The molecular weight excluding hydrogens is 275 g/mol. The Bertz CT molecular complexity index is 488. The lowest BCUT2D eigenvalue weighted by Crippen LogP contribution is -2.51. The van der Waals surface area contributed by atoms with Gasteiger partial charge in [-0.05, 0) is 19.1 Å². The number of nitrogens with one attached hydrogen (secondary N) is 1. The minimum absolute atomic E-state index is 0.0142. The van der Waals surface area contributed by atoms with Gasteiger partial charge in [-0.1, -0.05) is 12.1 Å². The number of amides is 1. The minimum atomic E-state index is -1.07. The molecule has 2 rings (SSSR count). The standard InChI is InChI=1S/C15H21FN2O3/c1-15(20,11-18-6-8-21-9-7-18)10-17-14(19)12-4-2-3-5-13(12)16/h2-5,20H,6-11H2,1H3,(H,17,19). The first kappa shape index (κ1) is 15.9. The lowest BCUT2D eigenvalue weighted by Gasteiger charge is -2.33. The van der Waals surface area contributed by atoms with Crippen molar-refractivity contribution in [3.63, 3.8) is 0 Å². The highest BCUT2D eigenvalue weighted by molar-refractivity contribution is 5.94. The molecule has 5 nitrogen and oxygen atoms in total. The molecule has 1 aromatic rings. The number of ether oxygens (including phenoxy) is 1. The van der Waals surface area contributed by atoms with E-state index < -0.39 is 17.3 Å². The molecule has 0 aliphatic carbocycles. The molecule has 1 heterocycles. The normalized spacial score (nSPS) is 19.0. The second kappa shape index (κ2) is 6.98. The smallest absolute Gasteiger partial charge is 0.254 e. The third kappa shape index (κ3) is 4.77. The molecular formula is C15H21FN2O3. The van der Waals surface area contributed by atoms with Crippen LogP contribution in [0.5, 0.6) is 0 Å². The van der Waals surface area contributed by atoms with Gasteiger partial charge in [0.1, 0.15) is 5.82 Å². The first-order valence-electron chi connectivity index (χ1n) is 7.03. The molecule has 2 N–H and O–H groups in total. The van der Waals surface area contributed by atoms with Crippen LogP contribution in [0.15, 0.2) is 24.3 Å². The number of nitrogens with zero attached hydrogens (tertiary/aromatic N) is 1. The molecule has 1 saturated heterocycles. The van der Waals surface area contributed by atoms with Gasteiger partial charge in [-0.25, -0.2) is 4.39 Å². The molecule has 1 fully saturated rings. The number of carbonyl (C=O) groups is 1. The van der Waals surface area contributed by atoms with Crippen LogP contribution in [0.1, 0.15) is 17.3 Å². The number of hydrogen-bond donors (Lipinski definition) is 2. The predicted molar refractivity (Wildman–Crippen MR) is 76.6 cm³/mol. The summed E-state index contributed by atoms with van der Waals surface area (Å²) < 4.78 is 18.7. The van der Waals surface area contributed by atoms with Gasteiger partial charge in [-0.2, -0.15) is 0 Å². The molecule has 1 aromatic carbocycles. The molecule has 0 bridgehead atoms. The number of rotatable bonds is 5. The zero-order valence-corrected chi connectivity index (χ0v) is 12.1. The van der Waals surface area contributed by atoms with Crippen molar-refractivity contribution in [2.24, 2.45) is 0 Å². The second-order valence-corrected chi connectivity index (χ2v) is 5.55. The van der Waals surface area contributed by atoms with E-state index in [-0.39, 0.29) is 12.1 Å². The van der Waals surface area contributed by atoms with Gasteiger partial charge in [0.05, 0.1) is 24.4 Å². The van der Waals surface area contributed by atoms with Gasteiger partial charge in [0.2, 0.25) is 0 Å². The van der Waals surface area contributed by atoms with E-state index in [1.54, 1.807) is 13.0 Å². The fourth-order valence-electron chi connectivity index (χ4n) is 2.31. The molecule has 0 radical (unpaired) electrons. The van der Waals surface area contributed by atoms with Gasteiger partial charge in [0, 0.05) is 26.2 Å². The molecule has 6 heteroatoms. The highest BCUT2D eigenvalue weighted by Crippen LogP contribution is 2.09. The number of aliphatic hydroxyl groups is 1. The third-order valence-electron chi connectivity index (χ3n) is 3.42. The van der Waals surface area contributed by atoms with E-state index in [9.17, 15) is 14.3 Å². The molecule has 116 valence electrons. The Balaban J connectivity index is 1.86. The van der Waals surface area contributed by atoms with Gasteiger partial charge in [0.25, 0.3) is 5.91 Å². The van der Waals surface area contributed by atoms with E-state index >= 15 is 0 Å². The Hall–Kier alpha value is -1.50. The van der Waals surface area contributed by atoms with Crippen molar-refractivity contribution in [1.29, 1.82) is 0 Å². The highest BCUT2D eigenvalue weighted by atomic mass is 19.1. The van der Waals surface area contributed by atoms with E-state index in [2.05, 4.69) is 10.2 Å².